The maximum Gasteiger partial charge on any atom is 0.337 e. The monoisotopic (exact) mass is 291 g/mol. The summed E-state index contributed by atoms with van der Waals surface area (Å²) >= 11 is 0. The quantitative estimate of drug-likeness (QED) is 0.838. The molecule has 0 saturated carbocycles. The predicted octanol–water partition coefficient (Wildman–Crippen LogP) is 3.87. The van der Waals surface area contributed by atoms with E-state index in [2.05, 4.69) is 37.7 Å². The summed E-state index contributed by atoms with van der Waals surface area (Å²) in [4.78, 5) is 23.5. The second-order valence-electron chi connectivity index (χ2n) is 6.69. The Morgan fingerprint density at radius 3 is 2.52 bits per heavy atom. The SMILES string of the molecule is COC(=O)c1cccc(NC(=O)CC(C)CC(C)(C)C)c1. The third-order valence-corrected chi connectivity index (χ3v) is 3.06. The minimum Gasteiger partial charge on any atom is -0.465 e. The van der Waals surface area contributed by atoms with Gasteiger partial charge in [-0.05, 0) is 36.0 Å². The van der Waals surface area contributed by atoms with Crippen LogP contribution in [0, 0.1) is 11.3 Å². The minimum atomic E-state index is -0.410. The lowest BCUT2D eigenvalue weighted by Gasteiger charge is -2.22. The van der Waals surface area contributed by atoms with Gasteiger partial charge in [-0.2, -0.15) is 0 Å². The van der Waals surface area contributed by atoms with Crippen LogP contribution in [0.15, 0.2) is 24.3 Å². The zero-order valence-corrected chi connectivity index (χ0v) is 13.5. The van der Waals surface area contributed by atoms with Gasteiger partial charge in [-0.1, -0.05) is 33.8 Å². The largest absolute Gasteiger partial charge is 0.465 e. The molecule has 0 fully saturated rings. The van der Waals surface area contributed by atoms with E-state index in [4.69, 9.17) is 0 Å². The third-order valence-electron chi connectivity index (χ3n) is 3.06. The number of nitrogens with one attached hydrogen (secondary N) is 1. The van der Waals surface area contributed by atoms with Crippen LogP contribution in [0.3, 0.4) is 0 Å². The van der Waals surface area contributed by atoms with Gasteiger partial charge in [0.2, 0.25) is 5.91 Å². The molecule has 1 aromatic carbocycles. The molecular formula is C17H25NO3. The van der Waals surface area contributed by atoms with E-state index in [0.717, 1.165) is 6.42 Å². The molecule has 1 aromatic rings. The Labute approximate surface area is 126 Å². The second-order valence-corrected chi connectivity index (χ2v) is 6.69. The Morgan fingerprint density at radius 1 is 1.29 bits per heavy atom. The van der Waals surface area contributed by atoms with E-state index in [1.165, 1.54) is 7.11 Å². The van der Waals surface area contributed by atoms with Crippen LogP contribution in [0.5, 0.6) is 0 Å². The number of carbonyl (C=O) groups excluding carboxylic acids is 2. The summed E-state index contributed by atoms with van der Waals surface area (Å²) in [6.07, 6.45) is 1.46. The van der Waals surface area contributed by atoms with Crippen molar-refractivity contribution in [2.75, 3.05) is 12.4 Å². The number of anilines is 1. The zero-order valence-electron chi connectivity index (χ0n) is 13.5. The van der Waals surface area contributed by atoms with Gasteiger partial charge >= 0.3 is 5.97 Å². The standard InChI is InChI=1S/C17H25NO3/c1-12(11-17(2,3)4)9-15(19)18-14-8-6-7-13(10-14)16(20)21-5/h6-8,10,12H,9,11H2,1-5H3,(H,18,19). The molecule has 21 heavy (non-hydrogen) atoms. The van der Waals surface area contributed by atoms with E-state index < -0.39 is 5.97 Å². The number of amides is 1. The minimum absolute atomic E-state index is 0.0336. The number of benzene rings is 1. The number of ether oxygens (including phenoxy) is 1. The van der Waals surface area contributed by atoms with Crippen molar-refractivity contribution in [1.29, 1.82) is 0 Å². The summed E-state index contributed by atoms with van der Waals surface area (Å²) < 4.78 is 4.66. The third kappa shape index (κ3) is 6.43. The first-order valence-corrected chi connectivity index (χ1v) is 7.19. The summed E-state index contributed by atoms with van der Waals surface area (Å²) in [7, 11) is 1.34. The highest BCUT2D eigenvalue weighted by molar-refractivity contribution is 5.94. The van der Waals surface area contributed by atoms with Gasteiger partial charge in [0.25, 0.3) is 0 Å². The average molecular weight is 291 g/mol. The highest BCUT2D eigenvalue weighted by Gasteiger charge is 2.18. The van der Waals surface area contributed by atoms with Crippen molar-refractivity contribution in [3.05, 3.63) is 29.8 Å². The maximum absolute atomic E-state index is 12.0. The van der Waals surface area contributed by atoms with E-state index in [1.54, 1.807) is 24.3 Å². The molecule has 116 valence electrons. The molecule has 0 radical (unpaired) electrons. The molecule has 4 heteroatoms. The molecule has 1 atom stereocenters. The molecule has 1 unspecified atom stereocenters. The van der Waals surface area contributed by atoms with Gasteiger partial charge in [-0.25, -0.2) is 4.79 Å². The van der Waals surface area contributed by atoms with Crippen LogP contribution in [0.2, 0.25) is 0 Å². The van der Waals surface area contributed by atoms with E-state index in [0.29, 0.717) is 23.6 Å². The Balaban J connectivity index is 2.61. The Kier molecular flexibility index (Phi) is 5.94. The highest BCUT2D eigenvalue weighted by Crippen LogP contribution is 2.26. The van der Waals surface area contributed by atoms with Crippen molar-refractivity contribution in [3.63, 3.8) is 0 Å². The van der Waals surface area contributed by atoms with Gasteiger partial charge in [0.1, 0.15) is 0 Å². The lowest BCUT2D eigenvalue weighted by Crippen LogP contribution is -2.19. The van der Waals surface area contributed by atoms with E-state index in [-0.39, 0.29) is 11.3 Å². The van der Waals surface area contributed by atoms with Crippen molar-refractivity contribution in [2.45, 2.75) is 40.5 Å². The molecule has 0 heterocycles. The molecule has 1 N–H and O–H groups in total. The van der Waals surface area contributed by atoms with E-state index in [9.17, 15) is 9.59 Å². The van der Waals surface area contributed by atoms with Crippen LogP contribution in [0.25, 0.3) is 0 Å². The molecule has 0 saturated heterocycles. The number of hydrogen-bond acceptors (Lipinski definition) is 3. The van der Waals surface area contributed by atoms with Gasteiger partial charge < -0.3 is 10.1 Å². The molecule has 1 amide bonds. The fourth-order valence-corrected chi connectivity index (χ4v) is 2.49. The van der Waals surface area contributed by atoms with Crippen LogP contribution in [-0.4, -0.2) is 19.0 Å². The molecule has 0 aliphatic carbocycles. The number of rotatable bonds is 5. The van der Waals surface area contributed by atoms with Crippen LogP contribution in [-0.2, 0) is 9.53 Å². The molecule has 4 nitrogen and oxygen atoms in total. The van der Waals surface area contributed by atoms with Crippen LogP contribution >= 0.6 is 0 Å². The number of carbonyl (C=O) groups is 2. The summed E-state index contributed by atoms with van der Waals surface area (Å²) in [5, 5.41) is 2.83. The first-order chi connectivity index (χ1) is 9.71. The van der Waals surface area contributed by atoms with Crippen molar-refractivity contribution >= 4 is 17.6 Å². The lowest BCUT2D eigenvalue weighted by atomic mass is 9.84. The van der Waals surface area contributed by atoms with Gasteiger partial charge in [-0.15, -0.1) is 0 Å². The van der Waals surface area contributed by atoms with Crippen LogP contribution < -0.4 is 5.32 Å². The topological polar surface area (TPSA) is 55.4 Å². The Bertz CT molecular complexity index is 503. The second kappa shape index (κ2) is 7.25. The summed E-state index contributed by atoms with van der Waals surface area (Å²) in [5.41, 5.74) is 1.26. The summed E-state index contributed by atoms with van der Waals surface area (Å²) in [6, 6.07) is 6.76. The summed E-state index contributed by atoms with van der Waals surface area (Å²) in [6.45, 7) is 8.58. The average Bonchev–Trinajstić information content (AvgIpc) is 2.35. The summed E-state index contributed by atoms with van der Waals surface area (Å²) in [5.74, 6) is -0.130. The Hall–Kier alpha value is -1.84. The Morgan fingerprint density at radius 2 is 1.95 bits per heavy atom. The highest BCUT2D eigenvalue weighted by atomic mass is 16.5. The van der Waals surface area contributed by atoms with Crippen LogP contribution in [0.1, 0.15) is 50.9 Å². The number of methoxy groups -OCH3 is 1. The lowest BCUT2D eigenvalue weighted by molar-refractivity contribution is -0.117. The van der Waals surface area contributed by atoms with Gasteiger partial charge in [0.15, 0.2) is 0 Å². The van der Waals surface area contributed by atoms with Crippen molar-refractivity contribution < 1.29 is 14.3 Å². The number of esters is 1. The molecule has 0 spiro atoms. The maximum atomic E-state index is 12.0. The fourth-order valence-electron chi connectivity index (χ4n) is 2.49. The van der Waals surface area contributed by atoms with Gasteiger partial charge in [-0.3, -0.25) is 4.79 Å². The smallest absolute Gasteiger partial charge is 0.337 e. The molecule has 0 aromatic heterocycles. The predicted molar refractivity (Wildman–Crippen MR) is 84.3 cm³/mol. The molecule has 1 rings (SSSR count). The normalized spacial score (nSPS) is 12.6. The van der Waals surface area contributed by atoms with Gasteiger partial charge in [0, 0.05) is 12.1 Å². The van der Waals surface area contributed by atoms with Crippen molar-refractivity contribution in [3.8, 4) is 0 Å². The molecule has 0 aliphatic heterocycles. The van der Waals surface area contributed by atoms with Crippen LogP contribution in [0.4, 0.5) is 5.69 Å². The zero-order chi connectivity index (χ0) is 16.0. The first-order valence-electron chi connectivity index (χ1n) is 7.19. The van der Waals surface area contributed by atoms with Gasteiger partial charge in [0.05, 0.1) is 12.7 Å². The molecular weight excluding hydrogens is 266 g/mol. The first kappa shape index (κ1) is 17.2. The van der Waals surface area contributed by atoms with Crippen molar-refractivity contribution in [1.82, 2.24) is 0 Å². The van der Waals surface area contributed by atoms with E-state index in [1.807, 2.05) is 0 Å². The molecule has 0 aliphatic rings. The fraction of sp³-hybridized carbons (Fsp3) is 0.529. The van der Waals surface area contributed by atoms with Crippen molar-refractivity contribution in [2.24, 2.45) is 11.3 Å². The molecule has 0 bridgehead atoms. The number of hydrogen-bond donors (Lipinski definition) is 1. The van der Waals surface area contributed by atoms with E-state index >= 15 is 0 Å².